The molecule has 0 aliphatic rings. The number of hydrogen-bond acceptors (Lipinski definition) is 3. The molecule has 1 atom stereocenters. The van der Waals surface area contributed by atoms with E-state index < -0.39 is 14.3 Å². The van der Waals surface area contributed by atoms with Crippen molar-refractivity contribution in [1.29, 1.82) is 5.26 Å². The topological polar surface area (TPSA) is 57.9 Å². The Balaban J connectivity index is 4.38. The summed E-state index contributed by atoms with van der Waals surface area (Å²) in [6.07, 6.45) is 0.238. The van der Waals surface area contributed by atoms with Gasteiger partial charge in [-0.05, 0) is 6.42 Å². The van der Waals surface area contributed by atoms with E-state index in [1.807, 2.05) is 0 Å². The fourth-order valence-corrected chi connectivity index (χ4v) is 1.37. The van der Waals surface area contributed by atoms with Crippen LogP contribution in [-0.4, -0.2) is 13.7 Å². The van der Waals surface area contributed by atoms with E-state index in [1.165, 1.54) is 0 Å². The van der Waals surface area contributed by atoms with Gasteiger partial charge in [-0.15, -0.1) is 0 Å². The number of halogens is 1. The summed E-state index contributed by atoms with van der Waals surface area (Å²) in [5.74, 6) is 0. The van der Waals surface area contributed by atoms with Crippen molar-refractivity contribution in [3.63, 3.8) is 0 Å². The Morgan fingerprint density at radius 2 is 2.22 bits per heavy atom. The predicted octanol–water partition coefficient (Wildman–Crippen LogP) is 0.857. The summed E-state index contributed by atoms with van der Waals surface area (Å²) in [5, 5.41) is 7.09. The van der Waals surface area contributed by atoms with Crippen LogP contribution >= 0.6 is 10.7 Å². The molecule has 0 aromatic carbocycles. The minimum absolute atomic E-state index is 0.238. The molecule has 5 heteroatoms. The van der Waals surface area contributed by atoms with E-state index in [9.17, 15) is 8.42 Å². The first-order valence-electron chi connectivity index (χ1n) is 2.35. The molecule has 0 fully saturated rings. The third kappa shape index (κ3) is 2.68. The second-order valence-electron chi connectivity index (χ2n) is 1.50. The SMILES string of the molecule is CC[C@H](C#N)S(=O)(=O)Cl. The monoisotopic (exact) mass is 167 g/mol. The molecule has 0 aromatic heterocycles. The van der Waals surface area contributed by atoms with Gasteiger partial charge in [0.25, 0.3) is 0 Å². The first-order chi connectivity index (χ1) is 4.02. The van der Waals surface area contributed by atoms with Crippen molar-refractivity contribution in [3.05, 3.63) is 0 Å². The summed E-state index contributed by atoms with van der Waals surface area (Å²) in [7, 11) is 1.20. The summed E-state index contributed by atoms with van der Waals surface area (Å²) in [4.78, 5) is 0. The molecule has 9 heavy (non-hydrogen) atoms. The highest BCUT2D eigenvalue weighted by Crippen LogP contribution is 2.08. The maximum atomic E-state index is 10.3. The molecule has 3 nitrogen and oxygen atoms in total. The van der Waals surface area contributed by atoms with Crippen molar-refractivity contribution in [2.75, 3.05) is 0 Å². The zero-order valence-electron chi connectivity index (χ0n) is 4.83. The van der Waals surface area contributed by atoms with E-state index in [1.54, 1.807) is 13.0 Å². The molecular formula is C4H6ClNO2S. The van der Waals surface area contributed by atoms with Crippen LogP contribution in [0.15, 0.2) is 0 Å². The van der Waals surface area contributed by atoms with Gasteiger partial charge < -0.3 is 0 Å². The lowest BCUT2D eigenvalue weighted by Crippen LogP contribution is -2.11. The van der Waals surface area contributed by atoms with Gasteiger partial charge in [0.15, 0.2) is 5.25 Å². The molecule has 0 amide bonds. The predicted molar refractivity (Wildman–Crippen MR) is 34.5 cm³/mol. The van der Waals surface area contributed by atoms with Gasteiger partial charge in [-0.1, -0.05) is 6.92 Å². The second-order valence-corrected chi connectivity index (χ2v) is 4.31. The molecule has 0 aliphatic heterocycles. The number of nitriles is 1. The van der Waals surface area contributed by atoms with Crippen LogP contribution in [0.5, 0.6) is 0 Å². The van der Waals surface area contributed by atoms with E-state index in [0.717, 1.165) is 0 Å². The van der Waals surface area contributed by atoms with Crippen LogP contribution < -0.4 is 0 Å². The van der Waals surface area contributed by atoms with Crippen LogP contribution in [-0.2, 0) is 9.05 Å². The first kappa shape index (κ1) is 8.73. The summed E-state index contributed by atoms with van der Waals surface area (Å²) >= 11 is 0. The molecule has 52 valence electrons. The van der Waals surface area contributed by atoms with Crippen LogP contribution in [0.1, 0.15) is 13.3 Å². The molecular weight excluding hydrogens is 162 g/mol. The maximum Gasteiger partial charge on any atom is 0.248 e. The Morgan fingerprint density at radius 3 is 2.22 bits per heavy atom. The Morgan fingerprint density at radius 1 is 1.78 bits per heavy atom. The van der Waals surface area contributed by atoms with Gasteiger partial charge in [0.2, 0.25) is 9.05 Å². The molecule has 0 rings (SSSR count). The molecule has 0 bridgehead atoms. The summed E-state index contributed by atoms with van der Waals surface area (Å²) < 4.78 is 20.7. The molecule has 0 aliphatic carbocycles. The van der Waals surface area contributed by atoms with Crippen molar-refractivity contribution in [1.82, 2.24) is 0 Å². The number of nitrogens with zero attached hydrogens (tertiary/aromatic N) is 1. The number of hydrogen-bond donors (Lipinski definition) is 0. The minimum Gasteiger partial charge on any atom is -0.211 e. The lowest BCUT2D eigenvalue weighted by Gasteiger charge is -1.96. The third-order valence-corrected chi connectivity index (χ3v) is 2.62. The smallest absolute Gasteiger partial charge is 0.211 e. The van der Waals surface area contributed by atoms with Gasteiger partial charge in [0.05, 0.1) is 6.07 Å². The summed E-state index contributed by atoms with van der Waals surface area (Å²) in [6.45, 7) is 1.59. The Labute approximate surface area is 58.7 Å². The maximum absolute atomic E-state index is 10.3. The minimum atomic E-state index is -3.65. The Bertz CT molecular complexity index is 215. The Hall–Kier alpha value is -0.270. The normalized spacial score (nSPS) is 14.3. The van der Waals surface area contributed by atoms with Crippen molar-refractivity contribution in [2.24, 2.45) is 0 Å². The highest BCUT2D eigenvalue weighted by atomic mass is 35.7. The van der Waals surface area contributed by atoms with E-state index in [2.05, 4.69) is 0 Å². The van der Waals surface area contributed by atoms with Gasteiger partial charge in [-0.25, -0.2) is 8.42 Å². The van der Waals surface area contributed by atoms with Crippen LogP contribution in [0.4, 0.5) is 0 Å². The molecule has 0 aromatic rings. The van der Waals surface area contributed by atoms with Gasteiger partial charge in [-0.2, -0.15) is 5.26 Å². The Kier molecular flexibility index (Phi) is 2.95. The van der Waals surface area contributed by atoms with Crippen LogP contribution in [0.3, 0.4) is 0 Å². The third-order valence-electron chi connectivity index (χ3n) is 0.855. The van der Waals surface area contributed by atoms with Crippen molar-refractivity contribution in [2.45, 2.75) is 18.6 Å². The fraction of sp³-hybridized carbons (Fsp3) is 0.750. The van der Waals surface area contributed by atoms with Crippen molar-refractivity contribution >= 4 is 19.7 Å². The lowest BCUT2D eigenvalue weighted by atomic mass is 10.4. The largest absolute Gasteiger partial charge is 0.248 e. The molecule has 0 N–H and O–H groups in total. The van der Waals surface area contributed by atoms with Crippen LogP contribution in [0, 0.1) is 11.3 Å². The first-order valence-corrected chi connectivity index (χ1v) is 4.72. The van der Waals surface area contributed by atoms with Crippen molar-refractivity contribution in [3.8, 4) is 6.07 Å². The molecule has 0 saturated heterocycles. The van der Waals surface area contributed by atoms with E-state index in [0.29, 0.717) is 0 Å². The van der Waals surface area contributed by atoms with E-state index in [4.69, 9.17) is 15.9 Å². The van der Waals surface area contributed by atoms with Gasteiger partial charge in [-0.3, -0.25) is 0 Å². The summed E-state index contributed by atoms with van der Waals surface area (Å²) in [6, 6.07) is 1.57. The fourth-order valence-electron chi connectivity index (χ4n) is 0.353. The van der Waals surface area contributed by atoms with Gasteiger partial charge in [0, 0.05) is 10.7 Å². The van der Waals surface area contributed by atoms with E-state index in [-0.39, 0.29) is 6.42 Å². The zero-order valence-corrected chi connectivity index (χ0v) is 6.41. The molecule has 0 unspecified atom stereocenters. The summed E-state index contributed by atoms with van der Waals surface area (Å²) in [5.41, 5.74) is 0. The van der Waals surface area contributed by atoms with Crippen molar-refractivity contribution < 1.29 is 8.42 Å². The zero-order chi connectivity index (χ0) is 7.49. The standard InChI is InChI=1S/C4H6ClNO2S/c1-2-4(3-6)9(5,7)8/h4H,2H2,1H3/t4-/m1/s1. The average Bonchev–Trinajstić information content (AvgIpc) is 1.65. The van der Waals surface area contributed by atoms with E-state index >= 15 is 0 Å². The molecule has 0 radical (unpaired) electrons. The number of rotatable bonds is 2. The van der Waals surface area contributed by atoms with Gasteiger partial charge >= 0.3 is 0 Å². The molecule has 0 saturated carbocycles. The van der Waals surface area contributed by atoms with Gasteiger partial charge in [0.1, 0.15) is 0 Å². The second kappa shape index (κ2) is 3.04. The molecule has 0 heterocycles. The quantitative estimate of drug-likeness (QED) is 0.573. The van der Waals surface area contributed by atoms with Crippen LogP contribution in [0.2, 0.25) is 0 Å². The van der Waals surface area contributed by atoms with Crippen LogP contribution in [0.25, 0.3) is 0 Å². The highest BCUT2D eigenvalue weighted by Gasteiger charge is 2.19. The average molecular weight is 168 g/mol. The lowest BCUT2D eigenvalue weighted by molar-refractivity contribution is 0.601. The highest BCUT2D eigenvalue weighted by molar-refractivity contribution is 8.14. The molecule has 0 spiro atoms.